The molecule has 1 N–H and O–H groups in total. The molecule has 0 radical (unpaired) electrons. The van der Waals surface area contributed by atoms with E-state index in [-0.39, 0.29) is 17.2 Å². The van der Waals surface area contributed by atoms with Gasteiger partial charge in [-0.2, -0.15) is 0 Å². The molecule has 2 aromatic rings. The van der Waals surface area contributed by atoms with Gasteiger partial charge in [-0.05, 0) is 33.3 Å². The number of aryl methyl sites for hydroxylation is 1. The fourth-order valence-corrected chi connectivity index (χ4v) is 3.47. The summed E-state index contributed by atoms with van der Waals surface area (Å²) in [5.41, 5.74) is 2.63. The van der Waals surface area contributed by atoms with Crippen LogP contribution >= 0.6 is 11.8 Å². The summed E-state index contributed by atoms with van der Waals surface area (Å²) in [6.45, 7) is 9.50. The summed E-state index contributed by atoms with van der Waals surface area (Å²) in [7, 11) is 0. The Hall–Kier alpha value is -1.76. The first kappa shape index (κ1) is 16.6. The SMILES string of the molecule is CCCn1c(SCC(=O)c2cc(C)n(CC)c2C)n[nH]c1=O. The highest BCUT2D eigenvalue weighted by atomic mass is 32.2. The molecule has 0 saturated carbocycles. The molecular formula is C15H22N4O2S. The van der Waals surface area contributed by atoms with Gasteiger partial charge in [0.2, 0.25) is 0 Å². The van der Waals surface area contributed by atoms with Crippen molar-refractivity contribution in [2.75, 3.05) is 5.75 Å². The number of nitrogens with zero attached hydrogens (tertiary/aromatic N) is 3. The third-order valence-corrected chi connectivity index (χ3v) is 4.67. The van der Waals surface area contributed by atoms with Crippen LogP contribution in [0.4, 0.5) is 0 Å². The average Bonchev–Trinajstić information content (AvgIpc) is 2.98. The highest BCUT2D eigenvalue weighted by Crippen LogP contribution is 2.20. The molecule has 2 heterocycles. The minimum absolute atomic E-state index is 0.0660. The Morgan fingerprint density at radius 3 is 2.64 bits per heavy atom. The van der Waals surface area contributed by atoms with Gasteiger partial charge in [0.1, 0.15) is 0 Å². The number of carbonyl (C=O) groups is 1. The molecule has 6 nitrogen and oxygen atoms in total. The maximum Gasteiger partial charge on any atom is 0.343 e. The second-order valence-electron chi connectivity index (χ2n) is 5.20. The highest BCUT2D eigenvalue weighted by molar-refractivity contribution is 7.99. The van der Waals surface area contributed by atoms with E-state index < -0.39 is 0 Å². The summed E-state index contributed by atoms with van der Waals surface area (Å²) < 4.78 is 3.70. The van der Waals surface area contributed by atoms with Crippen molar-refractivity contribution in [3.8, 4) is 0 Å². The van der Waals surface area contributed by atoms with Crippen LogP contribution < -0.4 is 5.69 Å². The highest BCUT2D eigenvalue weighted by Gasteiger charge is 2.17. The number of H-pyrrole nitrogens is 1. The number of nitrogens with one attached hydrogen (secondary N) is 1. The first-order valence-electron chi connectivity index (χ1n) is 7.47. The number of ketones is 1. The van der Waals surface area contributed by atoms with Gasteiger partial charge in [0.15, 0.2) is 10.9 Å². The van der Waals surface area contributed by atoms with Crippen molar-refractivity contribution in [2.45, 2.75) is 52.4 Å². The predicted octanol–water partition coefficient (Wildman–Crippen LogP) is 2.39. The number of rotatable bonds is 7. The molecule has 0 saturated heterocycles. The molecule has 2 aromatic heterocycles. The molecule has 0 bridgehead atoms. The number of carbonyl (C=O) groups excluding carboxylic acids is 1. The zero-order chi connectivity index (χ0) is 16.3. The van der Waals surface area contributed by atoms with Crippen molar-refractivity contribution in [3.63, 3.8) is 0 Å². The standard InChI is InChI=1S/C15H22N4O2S/c1-5-7-19-14(21)16-17-15(19)22-9-13(20)12-8-10(3)18(6-2)11(12)4/h8H,5-7,9H2,1-4H3,(H,16,21). The molecule has 0 aromatic carbocycles. The number of hydrogen-bond donors (Lipinski definition) is 1. The predicted molar refractivity (Wildman–Crippen MR) is 87.8 cm³/mol. The van der Waals surface area contributed by atoms with Crippen molar-refractivity contribution in [1.82, 2.24) is 19.3 Å². The van der Waals surface area contributed by atoms with Gasteiger partial charge in [-0.25, -0.2) is 9.89 Å². The maximum absolute atomic E-state index is 12.4. The quantitative estimate of drug-likeness (QED) is 0.627. The second kappa shape index (κ2) is 7.00. The summed E-state index contributed by atoms with van der Waals surface area (Å²) in [6.07, 6.45) is 0.846. The lowest BCUT2D eigenvalue weighted by atomic mass is 10.2. The molecule has 0 amide bonds. The molecule has 0 atom stereocenters. The Morgan fingerprint density at radius 1 is 1.32 bits per heavy atom. The smallest absolute Gasteiger partial charge is 0.343 e. The van der Waals surface area contributed by atoms with E-state index in [0.29, 0.717) is 11.7 Å². The average molecular weight is 322 g/mol. The Labute approximate surface area is 133 Å². The summed E-state index contributed by atoms with van der Waals surface area (Å²) in [4.78, 5) is 24.1. The van der Waals surface area contributed by atoms with Crippen LogP contribution in [0.25, 0.3) is 0 Å². The van der Waals surface area contributed by atoms with Gasteiger partial charge in [0, 0.05) is 30.0 Å². The molecule has 0 aliphatic rings. The van der Waals surface area contributed by atoms with Crippen LogP contribution in [0.5, 0.6) is 0 Å². The van der Waals surface area contributed by atoms with Crippen molar-refractivity contribution in [2.24, 2.45) is 0 Å². The van der Waals surface area contributed by atoms with Crippen LogP contribution in [-0.4, -0.2) is 30.9 Å². The van der Waals surface area contributed by atoms with Crippen LogP contribution in [-0.2, 0) is 13.1 Å². The molecule has 0 spiro atoms. The van der Waals surface area contributed by atoms with E-state index in [4.69, 9.17) is 0 Å². The van der Waals surface area contributed by atoms with Gasteiger partial charge in [-0.1, -0.05) is 18.7 Å². The van der Waals surface area contributed by atoms with Crippen LogP contribution in [0, 0.1) is 13.8 Å². The summed E-state index contributed by atoms with van der Waals surface area (Å²) in [5, 5.41) is 7.01. The molecule has 22 heavy (non-hydrogen) atoms. The Balaban J connectivity index is 2.12. The van der Waals surface area contributed by atoms with Gasteiger partial charge in [0.05, 0.1) is 5.75 Å². The third-order valence-electron chi connectivity index (χ3n) is 3.69. The molecule has 0 aliphatic heterocycles. The monoisotopic (exact) mass is 322 g/mol. The Morgan fingerprint density at radius 2 is 2.05 bits per heavy atom. The molecule has 0 unspecified atom stereocenters. The summed E-state index contributed by atoms with van der Waals surface area (Å²) in [6, 6.07) is 1.94. The minimum Gasteiger partial charge on any atom is -0.349 e. The van der Waals surface area contributed by atoms with Gasteiger partial charge in [-0.15, -0.1) is 5.10 Å². The normalized spacial score (nSPS) is 11.1. The van der Waals surface area contributed by atoms with Gasteiger partial charge in [0.25, 0.3) is 0 Å². The number of Topliss-reactive ketones (excluding diaryl/α,β-unsaturated/α-hetero) is 1. The Kier molecular flexibility index (Phi) is 5.28. The van der Waals surface area contributed by atoms with E-state index in [1.165, 1.54) is 11.8 Å². The lowest BCUT2D eigenvalue weighted by Gasteiger charge is -2.06. The van der Waals surface area contributed by atoms with Crippen molar-refractivity contribution in [3.05, 3.63) is 33.5 Å². The van der Waals surface area contributed by atoms with E-state index in [9.17, 15) is 9.59 Å². The molecule has 0 aliphatic carbocycles. The molecule has 120 valence electrons. The maximum atomic E-state index is 12.4. The van der Waals surface area contributed by atoms with Gasteiger partial charge < -0.3 is 4.57 Å². The fourth-order valence-electron chi connectivity index (χ4n) is 2.61. The molecular weight excluding hydrogens is 300 g/mol. The summed E-state index contributed by atoms with van der Waals surface area (Å²) >= 11 is 1.30. The Bertz CT molecular complexity index is 726. The first-order valence-corrected chi connectivity index (χ1v) is 8.46. The van der Waals surface area contributed by atoms with Crippen molar-refractivity contribution < 1.29 is 4.79 Å². The number of hydrogen-bond acceptors (Lipinski definition) is 4. The zero-order valence-corrected chi connectivity index (χ0v) is 14.3. The van der Waals surface area contributed by atoms with Crippen LogP contribution in [0.3, 0.4) is 0 Å². The minimum atomic E-state index is -0.221. The fraction of sp³-hybridized carbons (Fsp3) is 0.533. The van der Waals surface area contributed by atoms with Crippen LogP contribution in [0.1, 0.15) is 42.0 Å². The van der Waals surface area contributed by atoms with E-state index in [2.05, 4.69) is 21.7 Å². The van der Waals surface area contributed by atoms with Crippen molar-refractivity contribution in [1.29, 1.82) is 0 Å². The third kappa shape index (κ3) is 3.19. The van der Waals surface area contributed by atoms with Gasteiger partial charge in [-0.3, -0.25) is 9.36 Å². The summed E-state index contributed by atoms with van der Waals surface area (Å²) in [5.74, 6) is 0.346. The zero-order valence-electron chi connectivity index (χ0n) is 13.5. The van der Waals surface area contributed by atoms with E-state index in [1.807, 2.05) is 26.8 Å². The van der Waals surface area contributed by atoms with Crippen LogP contribution in [0.15, 0.2) is 16.0 Å². The van der Waals surface area contributed by atoms with E-state index in [0.717, 1.165) is 29.9 Å². The molecule has 2 rings (SSSR count). The first-order chi connectivity index (χ1) is 10.5. The number of aromatic nitrogens is 4. The number of thioether (sulfide) groups is 1. The lowest BCUT2D eigenvalue weighted by molar-refractivity contribution is 0.102. The largest absolute Gasteiger partial charge is 0.349 e. The van der Waals surface area contributed by atoms with E-state index in [1.54, 1.807) is 4.57 Å². The molecule has 0 fully saturated rings. The van der Waals surface area contributed by atoms with Crippen molar-refractivity contribution >= 4 is 17.5 Å². The topological polar surface area (TPSA) is 72.7 Å². The second-order valence-corrected chi connectivity index (χ2v) is 6.15. The number of aromatic amines is 1. The lowest BCUT2D eigenvalue weighted by Crippen LogP contribution is -2.17. The van der Waals surface area contributed by atoms with Crippen LogP contribution in [0.2, 0.25) is 0 Å². The van der Waals surface area contributed by atoms with Gasteiger partial charge >= 0.3 is 5.69 Å². The van der Waals surface area contributed by atoms with E-state index >= 15 is 0 Å². The molecule has 7 heteroatoms.